The Hall–Kier alpha value is -6.44. The Morgan fingerprint density at radius 1 is 0.913 bits per heavy atom. The number of allylic oxidation sites excluding steroid dienone is 1. The molecule has 2 aromatic heterocycles. The molecule has 2 atom stereocenters. The maximum absolute atomic E-state index is 14.7. The summed E-state index contributed by atoms with van der Waals surface area (Å²) >= 11 is 7.24. The third kappa shape index (κ3) is 9.63. The summed E-state index contributed by atoms with van der Waals surface area (Å²) < 4.78 is 28.5. The minimum absolute atomic E-state index is 0.0796. The number of nitrogens with zero attached hydrogens (tertiary/aromatic N) is 5. The van der Waals surface area contributed by atoms with Crippen LogP contribution in [-0.4, -0.2) is 93.2 Å². The van der Waals surface area contributed by atoms with Gasteiger partial charge in [0, 0.05) is 95.0 Å². The molecule has 1 N–H and O–H groups in total. The molecule has 4 aromatic carbocycles. The fourth-order valence-corrected chi connectivity index (χ4v) is 10.7. The Morgan fingerprint density at radius 3 is 2.42 bits per heavy atom. The molecule has 0 spiro atoms. The normalized spacial score (nSPS) is 17.7. The largest absolute Gasteiger partial charge is 0.493 e. The second-order valence-corrected chi connectivity index (χ2v) is 20.0. The van der Waals surface area contributed by atoms with Crippen molar-refractivity contribution < 1.29 is 33.0 Å². The number of hydrogen-bond donors (Lipinski definition) is 1. The number of piperazine rings is 1. The van der Waals surface area contributed by atoms with E-state index in [0.29, 0.717) is 86.9 Å². The number of benzene rings is 4. The molecule has 2 saturated heterocycles. The predicted octanol–water partition coefficient (Wildman–Crippen LogP) is 9.93. The van der Waals surface area contributed by atoms with Gasteiger partial charge in [0.2, 0.25) is 11.8 Å². The zero-order valence-electron chi connectivity index (χ0n) is 40.3. The number of carbonyl (C=O) groups excluding carboxylic acids is 4. The Bertz CT molecular complexity index is 3090. The molecule has 3 amide bonds. The number of amides is 3. The summed E-state index contributed by atoms with van der Waals surface area (Å²) in [5.74, 6) is -1.50. The Kier molecular flexibility index (Phi) is 13.2. The summed E-state index contributed by atoms with van der Waals surface area (Å²) in [6, 6.07) is 21.7. The van der Waals surface area contributed by atoms with E-state index in [1.54, 1.807) is 12.1 Å². The predicted molar refractivity (Wildman–Crippen MR) is 266 cm³/mol. The Morgan fingerprint density at radius 2 is 1.70 bits per heavy atom. The summed E-state index contributed by atoms with van der Waals surface area (Å²) in [6.07, 6.45) is 2.42. The molecule has 0 radical (unpaired) electrons. The number of ether oxygens (including phenoxy) is 2. The quantitative estimate of drug-likeness (QED) is 0.0723. The van der Waals surface area contributed by atoms with Gasteiger partial charge in [-0.2, -0.15) is 5.10 Å². The van der Waals surface area contributed by atoms with Crippen molar-refractivity contribution in [3.63, 3.8) is 0 Å². The van der Waals surface area contributed by atoms with Crippen LogP contribution in [0.25, 0.3) is 38.4 Å². The van der Waals surface area contributed by atoms with Gasteiger partial charge < -0.3 is 14.4 Å². The molecule has 69 heavy (non-hydrogen) atoms. The van der Waals surface area contributed by atoms with Crippen LogP contribution in [0.1, 0.15) is 109 Å². The van der Waals surface area contributed by atoms with Crippen LogP contribution < -0.4 is 10.1 Å². The molecular formula is C55H58ClFN6O6. The average molecular weight is 954 g/mol. The standard InChI is InChI=1S/C55H58ClFN6O6/c1-31-43(41-17-20-47(64)59-52(41)65)30-36-28-35(13-19-45(36)58-31)53(66)63-25-23-62(24-26-63)22-21-42-49-40(16-18-44(56)51(49)48-32(2)60-61(7)33(48)3)39(50(42)54(67)69-55(4,5)6)11-9-27-68-46-12-8-10-34-29-37(57)14-15-38(34)46/h8,10,12-16,18-19,28-30,41-42H,9,11,17,20-27H2,1-7H3,(H,59,64,65). The summed E-state index contributed by atoms with van der Waals surface area (Å²) in [4.78, 5) is 62.3. The van der Waals surface area contributed by atoms with E-state index < -0.39 is 11.5 Å². The zero-order valence-corrected chi connectivity index (χ0v) is 41.1. The van der Waals surface area contributed by atoms with E-state index >= 15 is 0 Å². The first-order valence-electron chi connectivity index (χ1n) is 23.8. The lowest BCUT2D eigenvalue weighted by atomic mass is 9.85. The molecule has 358 valence electrons. The second-order valence-electron chi connectivity index (χ2n) is 19.6. The van der Waals surface area contributed by atoms with Crippen LogP contribution in [0.4, 0.5) is 4.39 Å². The molecule has 6 aromatic rings. The molecule has 2 fully saturated rings. The number of rotatable bonds is 12. The van der Waals surface area contributed by atoms with Gasteiger partial charge in [-0.1, -0.05) is 29.8 Å². The first-order valence-corrected chi connectivity index (χ1v) is 24.2. The molecule has 2 aliphatic heterocycles. The van der Waals surface area contributed by atoms with E-state index in [1.165, 1.54) is 12.1 Å². The number of hydrogen-bond acceptors (Lipinski definition) is 9. The number of nitrogens with one attached hydrogen (secondary N) is 1. The molecule has 1 aliphatic carbocycles. The van der Waals surface area contributed by atoms with Crippen LogP contribution in [0.3, 0.4) is 0 Å². The average Bonchev–Trinajstić information content (AvgIpc) is 3.75. The topological polar surface area (TPSA) is 136 Å². The lowest BCUT2D eigenvalue weighted by molar-refractivity contribution is -0.150. The zero-order chi connectivity index (χ0) is 48.9. The van der Waals surface area contributed by atoms with Gasteiger partial charge in [0.05, 0.1) is 23.7 Å². The van der Waals surface area contributed by atoms with Gasteiger partial charge in [0.1, 0.15) is 17.2 Å². The number of halogens is 2. The van der Waals surface area contributed by atoms with Gasteiger partial charge >= 0.3 is 5.97 Å². The van der Waals surface area contributed by atoms with Gasteiger partial charge in [-0.3, -0.25) is 34.3 Å². The number of carbonyl (C=O) groups is 4. The van der Waals surface area contributed by atoms with E-state index in [0.717, 1.165) is 72.1 Å². The maximum Gasteiger partial charge on any atom is 0.335 e. The summed E-state index contributed by atoms with van der Waals surface area (Å²) in [5, 5.41) is 10.2. The second kappa shape index (κ2) is 19.2. The fourth-order valence-electron chi connectivity index (χ4n) is 10.5. The highest BCUT2D eigenvalue weighted by Gasteiger charge is 2.41. The fraction of sp³-hybridized carbons (Fsp3) is 0.382. The molecule has 12 nitrogen and oxygen atoms in total. The first kappa shape index (κ1) is 47.6. The smallest absolute Gasteiger partial charge is 0.335 e. The first-order chi connectivity index (χ1) is 32.9. The van der Waals surface area contributed by atoms with E-state index in [1.807, 2.05) is 107 Å². The van der Waals surface area contributed by atoms with Crippen LogP contribution in [0.15, 0.2) is 78.4 Å². The summed E-state index contributed by atoms with van der Waals surface area (Å²) in [7, 11) is 1.92. The molecule has 0 bridgehead atoms. The van der Waals surface area contributed by atoms with Crippen molar-refractivity contribution in [2.24, 2.45) is 7.05 Å². The summed E-state index contributed by atoms with van der Waals surface area (Å²) in [5.41, 5.74) is 9.12. The SMILES string of the molecule is Cc1nc2ccc(C(=O)N3CCN(CCC4C(C(=O)OC(C)(C)C)=C(CCCOc5cccc6cc(F)ccc56)c5ccc(Cl)c(-c6c(C)nn(C)c6C)c54)CC3)cc2cc1C1CCC(=O)NC1=O. The monoisotopic (exact) mass is 952 g/mol. The number of aryl methyl sites for hydroxylation is 3. The van der Waals surface area contributed by atoms with Gasteiger partial charge in [-0.05, 0) is 156 Å². The van der Waals surface area contributed by atoms with Crippen molar-refractivity contribution in [3.05, 3.63) is 129 Å². The van der Waals surface area contributed by atoms with Crippen LogP contribution in [0.2, 0.25) is 5.02 Å². The summed E-state index contributed by atoms with van der Waals surface area (Å²) in [6.45, 7) is 14.9. The van der Waals surface area contributed by atoms with Crippen LogP contribution in [0, 0.1) is 26.6 Å². The van der Waals surface area contributed by atoms with E-state index in [2.05, 4.69) is 10.2 Å². The number of fused-ring (bicyclic) bond motifs is 3. The Balaban J connectivity index is 0.968. The highest BCUT2D eigenvalue weighted by Crippen LogP contribution is 2.53. The lowest BCUT2D eigenvalue weighted by Crippen LogP contribution is -2.49. The minimum Gasteiger partial charge on any atom is -0.493 e. The molecule has 9 rings (SSSR count). The highest BCUT2D eigenvalue weighted by molar-refractivity contribution is 6.34. The molecule has 4 heterocycles. The minimum atomic E-state index is -0.748. The molecular weight excluding hydrogens is 895 g/mol. The van der Waals surface area contributed by atoms with E-state index in [-0.39, 0.29) is 41.8 Å². The maximum atomic E-state index is 14.7. The number of pyridine rings is 1. The van der Waals surface area contributed by atoms with Crippen molar-refractivity contribution in [2.75, 3.05) is 39.3 Å². The van der Waals surface area contributed by atoms with Crippen molar-refractivity contribution >= 4 is 62.5 Å². The lowest BCUT2D eigenvalue weighted by Gasteiger charge is -2.35. The third-order valence-electron chi connectivity index (χ3n) is 13.9. The van der Waals surface area contributed by atoms with Crippen LogP contribution in [-0.2, 0) is 26.2 Å². The molecule has 3 aliphatic rings. The van der Waals surface area contributed by atoms with Crippen LogP contribution >= 0.6 is 11.6 Å². The van der Waals surface area contributed by atoms with Crippen molar-refractivity contribution in [1.29, 1.82) is 0 Å². The molecule has 2 unspecified atom stereocenters. The van der Waals surface area contributed by atoms with Gasteiger partial charge in [0.15, 0.2) is 0 Å². The van der Waals surface area contributed by atoms with Crippen molar-refractivity contribution in [2.45, 2.75) is 91.1 Å². The molecule has 14 heteroatoms. The molecule has 0 saturated carbocycles. The van der Waals surface area contributed by atoms with Gasteiger partial charge in [0.25, 0.3) is 5.91 Å². The van der Waals surface area contributed by atoms with Crippen molar-refractivity contribution in [3.8, 4) is 16.9 Å². The van der Waals surface area contributed by atoms with Gasteiger partial charge in [-0.25, -0.2) is 9.18 Å². The van der Waals surface area contributed by atoms with Crippen LogP contribution in [0.5, 0.6) is 5.75 Å². The van der Waals surface area contributed by atoms with E-state index in [4.69, 9.17) is 31.2 Å². The number of piperidine rings is 1. The van der Waals surface area contributed by atoms with Gasteiger partial charge in [-0.15, -0.1) is 0 Å². The van der Waals surface area contributed by atoms with E-state index in [9.17, 15) is 23.6 Å². The third-order valence-corrected chi connectivity index (χ3v) is 14.2. The number of aromatic nitrogens is 3. The Labute approximate surface area is 406 Å². The van der Waals surface area contributed by atoms with Crippen molar-refractivity contribution in [1.82, 2.24) is 29.9 Å². The number of esters is 1. The number of imide groups is 1. The highest BCUT2D eigenvalue weighted by atomic mass is 35.5.